The minimum Gasteiger partial charge on any atom is -0.369 e. The summed E-state index contributed by atoms with van der Waals surface area (Å²) >= 11 is 0. The average Bonchev–Trinajstić information content (AvgIpc) is 2.86. The Hall–Kier alpha value is -1.58. The van der Waals surface area contributed by atoms with Crippen molar-refractivity contribution in [1.82, 2.24) is 9.55 Å². The van der Waals surface area contributed by atoms with Crippen LogP contribution in [0.2, 0.25) is 0 Å². The van der Waals surface area contributed by atoms with Crippen molar-refractivity contribution >= 4 is 17.0 Å². The number of nitrogen functional groups attached to an aromatic ring is 1. The minimum atomic E-state index is -0.269. The topological polar surface area (TPSA) is 43.8 Å². The van der Waals surface area contributed by atoms with Gasteiger partial charge in [0.15, 0.2) is 0 Å². The Labute approximate surface area is 93.1 Å². The Morgan fingerprint density at radius 3 is 2.94 bits per heavy atom. The lowest BCUT2D eigenvalue weighted by atomic mass is 10.1. The van der Waals surface area contributed by atoms with E-state index in [-0.39, 0.29) is 5.82 Å². The summed E-state index contributed by atoms with van der Waals surface area (Å²) < 4.78 is 15.0. The van der Waals surface area contributed by atoms with Crippen LogP contribution in [0.4, 0.5) is 10.3 Å². The van der Waals surface area contributed by atoms with Gasteiger partial charge in [-0.3, -0.25) is 0 Å². The third-order valence-electron chi connectivity index (χ3n) is 3.38. The molecule has 84 valence electrons. The predicted molar refractivity (Wildman–Crippen MR) is 61.4 cm³/mol. The Kier molecular flexibility index (Phi) is 1.79. The van der Waals surface area contributed by atoms with Crippen molar-refractivity contribution in [3.8, 4) is 0 Å². The van der Waals surface area contributed by atoms with Gasteiger partial charge in [-0.2, -0.15) is 0 Å². The maximum Gasteiger partial charge on any atom is 0.201 e. The van der Waals surface area contributed by atoms with Crippen LogP contribution < -0.4 is 5.73 Å². The largest absolute Gasteiger partial charge is 0.369 e. The first-order valence-corrected chi connectivity index (χ1v) is 5.49. The third-order valence-corrected chi connectivity index (χ3v) is 3.38. The third kappa shape index (κ3) is 1.45. The molecule has 2 aromatic rings. The number of fused-ring (bicyclic) bond motifs is 1. The number of nitrogens with zero attached hydrogens (tertiary/aromatic N) is 2. The summed E-state index contributed by atoms with van der Waals surface area (Å²) in [6, 6.07) is 4.63. The summed E-state index contributed by atoms with van der Waals surface area (Å²) in [4.78, 5) is 4.19. The summed E-state index contributed by atoms with van der Waals surface area (Å²) in [5.74, 6) is 0.212. The van der Waals surface area contributed by atoms with Crippen LogP contribution in [0.3, 0.4) is 0 Å². The Balaban J connectivity index is 2.12. The van der Waals surface area contributed by atoms with E-state index in [2.05, 4.69) is 11.9 Å². The highest BCUT2D eigenvalue weighted by Crippen LogP contribution is 2.47. The van der Waals surface area contributed by atoms with Crippen molar-refractivity contribution in [2.24, 2.45) is 5.41 Å². The zero-order valence-corrected chi connectivity index (χ0v) is 9.20. The maximum atomic E-state index is 13.0. The second kappa shape index (κ2) is 2.97. The van der Waals surface area contributed by atoms with E-state index in [4.69, 9.17) is 5.73 Å². The van der Waals surface area contributed by atoms with E-state index in [9.17, 15) is 4.39 Å². The molecule has 0 bridgehead atoms. The molecule has 0 unspecified atom stereocenters. The highest BCUT2D eigenvalue weighted by molar-refractivity contribution is 5.78. The average molecular weight is 219 g/mol. The lowest BCUT2D eigenvalue weighted by molar-refractivity contribution is 0.476. The fourth-order valence-corrected chi connectivity index (χ4v) is 2.04. The van der Waals surface area contributed by atoms with Crippen LogP contribution in [0.15, 0.2) is 18.2 Å². The Morgan fingerprint density at radius 1 is 1.50 bits per heavy atom. The lowest BCUT2D eigenvalue weighted by Gasteiger charge is -2.11. The molecule has 1 aliphatic carbocycles. The monoisotopic (exact) mass is 219 g/mol. The van der Waals surface area contributed by atoms with Gasteiger partial charge in [0.05, 0.1) is 11.0 Å². The van der Waals surface area contributed by atoms with Gasteiger partial charge in [0, 0.05) is 12.6 Å². The molecular formula is C12H14FN3. The van der Waals surface area contributed by atoms with Crippen LogP contribution in [0.5, 0.6) is 0 Å². The molecule has 1 heterocycles. The summed E-state index contributed by atoms with van der Waals surface area (Å²) in [5, 5.41) is 0. The molecule has 0 amide bonds. The van der Waals surface area contributed by atoms with Gasteiger partial charge in [0.2, 0.25) is 5.95 Å². The molecule has 16 heavy (non-hydrogen) atoms. The molecule has 0 spiro atoms. The smallest absolute Gasteiger partial charge is 0.201 e. The first-order valence-electron chi connectivity index (χ1n) is 5.49. The minimum absolute atomic E-state index is 0.269. The predicted octanol–water partition coefficient (Wildman–Crippen LogP) is 2.56. The van der Waals surface area contributed by atoms with Gasteiger partial charge in [-0.15, -0.1) is 0 Å². The van der Waals surface area contributed by atoms with E-state index in [1.54, 1.807) is 6.07 Å². The molecule has 4 heteroatoms. The zero-order valence-electron chi connectivity index (χ0n) is 9.20. The summed E-state index contributed by atoms with van der Waals surface area (Å²) in [5.41, 5.74) is 7.79. The normalized spacial score (nSPS) is 17.9. The van der Waals surface area contributed by atoms with E-state index < -0.39 is 0 Å². The van der Waals surface area contributed by atoms with Crippen LogP contribution in [0, 0.1) is 11.2 Å². The molecular weight excluding hydrogens is 205 g/mol. The van der Waals surface area contributed by atoms with E-state index in [1.807, 2.05) is 4.57 Å². The second-order valence-electron chi connectivity index (χ2n) is 5.00. The fourth-order valence-electron chi connectivity index (χ4n) is 2.04. The molecule has 0 aliphatic heterocycles. The van der Waals surface area contributed by atoms with Crippen molar-refractivity contribution in [3.05, 3.63) is 24.0 Å². The number of imidazole rings is 1. The van der Waals surface area contributed by atoms with Crippen molar-refractivity contribution in [2.45, 2.75) is 26.3 Å². The van der Waals surface area contributed by atoms with Crippen LogP contribution >= 0.6 is 0 Å². The van der Waals surface area contributed by atoms with Gasteiger partial charge in [-0.1, -0.05) is 6.92 Å². The van der Waals surface area contributed by atoms with Gasteiger partial charge < -0.3 is 10.3 Å². The SMILES string of the molecule is CC1(Cn2c(N)nc3cc(F)ccc32)CC1. The number of anilines is 1. The van der Waals surface area contributed by atoms with Crippen molar-refractivity contribution in [3.63, 3.8) is 0 Å². The van der Waals surface area contributed by atoms with Crippen LogP contribution in [-0.4, -0.2) is 9.55 Å². The van der Waals surface area contributed by atoms with Crippen molar-refractivity contribution in [1.29, 1.82) is 0 Å². The standard InChI is InChI=1S/C12H14FN3/c1-12(4-5-12)7-16-10-3-2-8(13)6-9(10)15-11(16)14/h2-3,6H,4-5,7H2,1H3,(H2,14,15). The number of benzene rings is 1. The molecule has 0 atom stereocenters. The van der Waals surface area contributed by atoms with E-state index >= 15 is 0 Å². The molecule has 1 saturated carbocycles. The summed E-state index contributed by atoms with van der Waals surface area (Å²) in [6.45, 7) is 3.11. The van der Waals surface area contributed by atoms with Crippen LogP contribution in [-0.2, 0) is 6.54 Å². The van der Waals surface area contributed by atoms with Gasteiger partial charge in [-0.05, 0) is 30.4 Å². The van der Waals surface area contributed by atoms with Gasteiger partial charge in [0.25, 0.3) is 0 Å². The quantitative estimate of drug-likeness (QED) is 0.843. The van der Waals surface area contributed by atoms with Gasteiger partial charge >= 0.3 is 0 Å². The van der Waals surface area contributed by atoms with E-state index in [1.165, 1.54) is 25.0 Å². The van der Waals surface area contributed by atoms with Crippen LogP contribution in [0.1, 0.15) is 19.8 Å². The fraction of sp³-hybridized carbons (Fsp3) is 0.417. The number of hydrogen-bond acceptors (Lipinski definition) is 2. The molecule has 2 N–H and O–H groups in total. The van der Waals surface area contributed by atoms with E-state index in [0.717, 1.165) is 12.1 Å². The molecule has 1 aromatic carbocycles. The molecule has 1 fully saturated rings. The first-order chi connectivity index (χ1) is 7.57. The number of nitrogens with two attached hydrogens (primary N) is 1. The number of halogens is 1. The molecule has 0 radical (unpaired) electrons. The van der Waals surface area contributed by atoms with Crippen molar-refractivity contribution in [2.75, 3.05) is 5.73 Å². The van der Waals surface area contributed by atoms with E-state index in [0.29, 0.717) is 16.9 Å². The van der Waals surface area contributed by atoms with Crippen molar-refractivity contribution < 1.29 is 4.39 Å². The zero-order chi connectivity index (χ0) is 11.3. The van der Waals surface area contributed by atoms with Crippen LogP contribution in [0.25, 0.3) is 11.0 Å². The molecule has 3 nitrogen and oxygen atoms in total. The maximum absolute atomic E-state index is 13.0. The number of rotatable bonds is 2. The lowest BCUT2D eigenvalue weighted by Crippen LogP contribution is -2.10. The Bertz CT molecular complexity index is 555. The Morgan fingerprint density at radius 2 is 2.25 bits per heavy atom. The van der Waals surface area contributed by atoms with Gasteiger partial charge in [0.1, 0.15) is 5.82 Å². The first kappa shape index (κ1) is 9.63. The summed E-state index contributed by atoms with van der Waals surface area (Å²) in [6.07, 6.45) is 2.46. The van der Waals surface area contributed by atoms with Gasteiger partial charge in [-0.25, -0.2) is 9.37 Å². The highest BCUT2D eigenvalue weighted by Gasteiger charge is 2.38. The molecule has 0 saturated heterocycles. The summed E-state index contributed by atoms with van der Waals surface area (Å²) in [7, 11) is 0. The highest BCUT2D eigenvalue weighted by atomic mass is 19.1. The second-order valence-corrected chi connectivity index (χ2v) is 5.00. The molecule has 1 aromatic heterocycles. The number of aromatic nitrogens is 2. The number of hydrogen-bond donors (Lipinski definition) is 1. The molecule has 1 aliphatic rings. The molecule has 3 rings (SSSR count).